The van der Waals surface area contributed by atoms with Crippen LogP contribution >= 0.6 is 11.8 Å². The van der Waals surface area contributed by atoms with Crippen LogP contribution in [0.25, 0.3) is 0 Å². The second-order valence-corrected chi connectivity index (χ2v) is 6.53. The van der Waals surface area contributed by atoms with E-state index in [-0.39, 0.29) is 11.4 Å². The largest absolute Gasteiger partial charge is 0.350 e. The molecule has 1 aliphatic heterocycles. The molecule has 0 aromatic rings. The van der Waals surface area contributed by atoms with Crippen molar-refractivity contribution in [2.24, 2.45) is 5.10 Å². The van der Waals surface area contributed by atoms with Crippen molar-refractivity contribution >= 4 is 23.4 Å². The van der Waals surface area contributed by atoms with Gasteiger partial charge in [0.25, 0.3) is 5.91 Å². The van der Waals surface area contributed by atoms with Crippen LogP contribution in [0.1, 0.15) is 45.4 Å². The summed E-state index contributed by atoms with van der Waals surface area (Å²) in [4.78, 5) is 11.9. The van der Waals surface area contributed by atoms with Gasteiger partial charge in [-0.2, -0.15) is 16.9 Å². The summed E-state index contributed by atoms with van der Waals surface area (Å²) in [7, 11) is 0. The molecule has 1 amide bonds. The van der Waals surface area contributed by atoms with Crippen molar-refractivity contribution in [3.8, 4) is 0 Å². The maximum absolute atomic E-state index is 11.9. The summed E-state index contributed by atoms with van der Waals surface area (Å²) < 4.78 is 0. The minimum atomic E-state index is 0.0154. The first kappa shape index (κ1) is 13.7. The summed E-state index contributed by atoms with van der Waals surface area (Å²) >= 11 is 1.84. The van der Waals surface area contributed by atoms with Crippen LogP contribution in [-0.4, -0.2) is 35.2 Å². The van der Waals surface area contributed by atoms with Crippen molar-refractivity contribution in [3.05, 3.63) is 0 Å². The Kier molecular flexibility index (Phi) is 4.92. The van der Waals surface area contributed by atoms with Gasteiger partial charge in [-0.05, 0) is 18.6 Å². The van der Waals surface area contributed by atoms with E-state index in [0.29, 0.717) is 5.71 Å². The van der Waals surface area contributed by atoms with Crippen LogP contribution in [0.4, 0.5) is 0 Å². The van der Waals surface area contributed by atoms with Gasteiger partial charge >= 0.3 is 0 Å². The molecule has 18 heavy (non-hydrogen) atoms. The normalized spacial score (nSPS) is 21.5. The quantitative estimate of drug-likeness (QED) is 0.750. The Morgan fingerprint density at radius 3 is 2.94 bits per heavy atom. The third-order valence-corrected chi connectivity index (χ3v) is 4.64. The monoisotopic (exact) mass is 269 g/mol. The molecule has 1 aliphatic carbocycles. The molecule has 2 N–H and O–H groups in total. The number of hydrogen-bond acceptors (Lipinski definition) is 4. The molecule has 2 rings (SSSR count). The van der Waals surface area contributed by atoms with Gasteiger partial charge in [-0.3, -0.25) is 4.79 Å². The lowest BCUT2D eigenvalue weighted by molar-refractivity contribution is -0.114. The highest BCUT2D eigenvalue weighted by Crippen LogP contribution is 2.33. The highest BCUT2D eigenvalue weighted by molar-refractivity contribution is 7.99. The van der Waals surface area contributed by atoms with Crippen LogP contribution in [0, 0.1) is 0 Å². The molecule has 0 bridgehead atoms. The predicted molar refractivity (Wildman–Crippen MR) is 77.0 cm³/mol. The number of amides is 1. The maximum atomic E-state index is 11.9. The van der Waals surface area contributed by atoms with Gasteiger partial charge in [-0.1, -0.05) is 26.2 Å². The fourth-order valence-electron chi connectivity index (χ4n) is 2.72. The molecule has 4 nitrogen and oxygen atoms in total. The van der Waals surface area contributed by atoms with Gasteiger partial charge in [0.05, 0.1) is 5.54 Å². The van der Waals surface area contributed by atoms with E-state index in [1.165, 1.54) is 19.3 Å². The summed E-state index contributed by atoms with van der Waals surface area (Å²) in [5.74, 6) is 2.09. The SMILES string of the molecule is CCSCCNC(=O)C1=NNC2(CCCCC2)C1. The summed E-state index contributed by atoms with van der Waals surface area (Å²) in [6, 6.07) is 0. The van der Waals surface area contributed by atoms with Gasteiger partial charge < -0.3 is 10.7 Å². The van der Waals surface area contributed by atoms with E-state index in [0.717, 1.165) is 37.3 Å². The summed E-state index contributed by atoms with van der Waals surface area (Å²) in [5.41, 5.74) is 4.02. The molecule has 0 radical (unpaired) electrons. The topological polar surface area (TPSA) is 53.5 Å². The van der Waals surface area contributed by atoms with Gasteiger partial charge in [0, 0.05) is 18.7 Å². The number of hydrogen-bond donors (Lipinski definition) is 2. The standard InChI is InChI=1S/C13H23N3OS/c1-2-18-9-8-14-12(17)11-10-13(16-15-11)6-4-3-5-7-13/h16H,2-10H2,1H3,(H,14,17). The van der Waals surface area contributed by atoms with E-state index < -0.39 is 0 Å². The summed E-state index contributed by atoms with van der Waals surface area (Å²) in [6.07, 6.45) is 6.94. The number of rotatable bonds is 5. The Bertz CT molecular complexity index is 324. The van der Waals surface area contributed by atoms with E-state index in [4.69, 9.17) is 0 Å². The molecule has 0 saturated heterocycles. The highest BCUT2D eigenvalue weighted by atomic mass is 32.2. The fourth-order valence-corrected chi connectivity index (χ4v) is 3.25. The third-order valence-electron chi connectivity index (χ3n) is 3.74. The van der Waals surface area contributed by atoms with E-state index in [1.54, 1.807) is 0 Å². The number of nitrogens with zero attached hydrogens (tertiary/aromatic N) is 1. The van der Waals surface area contributed by atoms with Crippen molar-refractivity contribution in [3.63, 3.8) is 0 Å². The minimum Gasteiger partial charge on any atom is -0.350 e. The molecule has 1 saturated carbocycles. The van der Waals surface area contributed by atoms with E-state index in [1.807, 2.05) is 11.8 Å². The van der Waals surface area contributed by atoms with Crippen LogP contribution in [-0.2, 0) is 4.79 Å². The number of thioether (sulfide) groups is 1. The van der Waals surface area contributed by atoms with Crippen molar-refractivity contribution in [2.75, 3.05) is 18.1 Å². The van der Waals surface area contributed by atoms with Crippen LogP contribution < -0.4 is 10.7 Å². The van der Waals surface area contributed by atoms with Gasteiger partial charge in [-0.15, -0.1) is 0 Å². The number of carbonyl (C=O) groups is 1. The smallest absolute Gasteiger partial charge is 0.267 e. The van der Waals surface area contributed by atoms with E-state index in [2.05, 4.69) is 22.8 Å². The zero-order valence-corrected chi connectivity index (χ0v) is 11.9. The highest BCUT2D eigenvalue weighted by Gasteiger charge is 2.38. The molecule has 0 unspecified atom stereocenters. The van der Waals surface area contributed by atoms with Gasteiger partial charge in [0.1, 0.15) is 5.71 Å². The van der Waals surface area contributed by atoms with Crippen LogP contribution in [0.5, 0.6) is 0 Å². The Balaban J connectivity index is 1.75. The van der Waals surface area contributed by atoms with E-state index >= 15 is 0 Å². The van der Waals surface area contributed by atoms with E-state index in [9.17, 15) is 4.79 Å². The van der Waals surface area contributed by atoms with Crippen molar-refractivity contribution < 1.29 is 4.79 Å². The molecule has 5 heteroatoms. The summed E-state index contributed by atoms with van der Waals surface area (Å²) in [5, 5.41) is 7.21. The number of hydrazone groups is 1. The lowest BCUT2D eigenvalue weighted by Crippen LogP contribution is -2.42. The number of nitrogens with one attached hydrogen (secondary N) is 2. The second-order valence-electron chi connectivity index (χ2n) is 5.14. The van der Waals surface area contributed by atoms with Gasteiger partial charge in [0.15, 0.2) is 0 Å². The zero-order chi connectivity index (χ0) is 12.8. The molecule has 1 fully saturated rings. The van der Waals surface area contributed by atoms with Crippen LogP contribution in [0.15, 0.2) is 5.10 Å². The van der Waals surface area contributed by atoms with Crippen molar-refractivity contribution in [1.82, 2.24) is 10.7 Å². The Morgan fingerprint density at radius 2 is 2.22 bits per heavy atom. The molecule has 0 aromatic heterocycles. The Morgan fingerprint density at radius 1 is 1.44 bits per heavy atom. The first-order valence-corrected chi connectivity index (χ1v) is 8.11. The number of carbonyl (C=O) groups excluding carboxylic acids is 1. The fraction of sp³-hybridized carbons (Fsp3) is 0.846. The molecule has 0 atom stereocenters. The molecule has 1 spiro atoms. The Hall–Kier alpha value is -0.710. The molecule has 102 valence electrons. The average molecular weight is 269 g/mol. The predicted octanol–water partition coefficient (Wildman–Crippen LogP) is 1.91. The minimum absolute atomic E-state index is 0.0154. The lowest BCUT2D eigenvalue weighted by atomic mass is 9.79. The third kappa shape index (κ3) is 3.40. The molecular formula is C13H23N3OS. The van der Waals surface area contributed by atoms with Crippen molar-refractivity contribution in [1.29, 1.82) is 0 Å². The molecule has 2 aliphatic rings. The first-order chi connectivity index (χ1) is 8.76. The zero-order valence-electron chi connectivity index (χ0n) is 11.1. The first-order valence-electron chi connectivity index (χ1n) is 6.95. The molecular weight excluding hydrogens is 246 g/mol. The molecule has 1 heterocycles. The Labute approximate surface area is 113 Å². The summed E-state index contributed by atoms with van der Waals surface area (Å²) in [6.45, 7) is 2.87. The lowest BCUT2D eigenvalue weighted by Gasteiger charge is -2.32. The van der Waals surface area contributed by atoms with Crippen LogP contribution in [0.2, 0.25) is 0 Å². The van der Waals surface area contributed by atoms with Gasteiger partial charge in [-0.25, -0.2) is 0 Å². The van der Waals surface area contributed by atoms with Crippen LogP contribution in [0.3, 0.4) is 0 Å². The average Bonchev–Trinajstić information content (AvgIpc) is 2.79. The maximum Gasteiger partial charge on any atom is 0.267 e. The molecule has 0 aromatic carbocycles. The van der Waals surface area contributed by atoms with Gasteiger partial charge in [0.2, 0.25) is 0 Å². The second kappa shape index (κ2) is 6.45. The van der Waals surface area contributed by atoms with Crippen molar-refractivity contribution in [2.45, 2.75) is 51.0 Å².